The molecule has 4 rings (SSSR count). The molecule has 0 atom stereocenters. The van der Waals surface area contributed by atoms with Crippen molar-refractivity contribution in [3.8, 4) is 11.4 Å². The molecule has 3 amide bonds. The van der Waals surface area contributed by atoms with Crippen LogP contribution in [0.15, 0.2) is 46.9 Å². The molecule has 0 spiro atoms. The number of anilines is 2. The number of rotatable bonds is 8. The number of urea groups is 1. The van der Waals surface area contributed by atoms with Crippen LogP contribution >= 0.6 is 15.9 Å². The fourth-order valence-electron chi connectivity index (χ4n) is 3.65. The zero-order chi connectivity index (χ0) is 24.1. The van der Waals surface area contributed by atoms with Crippen LogP contribution in [-0.4, -0.2) is 43.7 Å². The third-order valence-electron chi connectivity index (χ3n) is 5.42. The molecule has 0 saturated heterocycles. The SMILES string of the molecule is CCCCCNC(=O)Nc1ccc2cc(C(=O)Nc3ccc(Br)cc3-c3nn[nH]n3)n(C)c2c1. The Labute approximate surface area is 204 Å². The highest BCUT2D eigenvalue weighted by Crippen LogP contribution is 2.29. The van der Waals surface area contributed by atoms with E-state index in [2.05, 4.69) is 59.4 Å². The highest BCUT2D eigenvalue weighted by molar-refractivity contribution is 9.10. The summed E-state index contributed by atoms with van der Waals surface area (Å²) in [6.07, 6.45) is 3.13. The smallest absolute Gasteiger partial charge is 0.319 e. The number of carbonyl (C=O) groups is 2. The molecule has 10 nitrogen and oxygen atoms in total. The number of halogens is 1. The molecule has 0 aliphatic carbocycles. The van der Waals surface area contributed by atoms with Gasteiger partial charge in [0.1, 0.15) is 5.69 Å². The van der Waals surface area contributed by atoms with Crippen molar-refractivity contribution in [1.82, 2.24) is 30.5 Å². The van der Waals surface area contributed by atoms with Gasteiger partial charge in [0.2, 0.25) is 5.82 Å². The number of hydrogen-bond donors (Lipinski definition) is 4. The van der Waals surface area contributed by atoms with Crippen LogP contribution in [0.4, 0.5) is 16.2 Å². The first kappa shape index (κ1) is 23.4. The minimum absolute atomic E-state index is 0.244. The molecule has 4 N–H and O–H groups in total. The molecule has 2 aromatic heterocycles. The predicted molar refractivity (Wildman–Crippen MR) is 135 cm³/mol. The van der Waals surface area contributed by atoms with Gasteiger partial charge in [-0.2, -0.15) is 5.21 Å². The van der Waals surface area contributed by atoms with Crippen molar-refractivity contribution in [2.45, 2.75) is 26.2 Å². The number of nitrogens with zero attached hydrogens (tertiary/aromatic N) is 4. The number of hydrogen-bond acceptors (Lipinski definition) is 5. The number of benzene rings is 2. The minimum Gasteiger partial charge on any atom is -0.340 e. The second-order valence-corrected chi connectivity index (χ2v) is 8.75. The third-order valence-corrected chi connectivity index (χ3v) is 5.91. The molecule has 11 heteroatoms. The van der Waals surface area contributed by atoms with E-state index in [1.54, 1.807) is 10.6 Å². The van der Waals surface area contributed by atoms with Crippen molar-refractivity contribution in [3.63, 3.8) is 0 Å². The standard InChI is InChI=1S/C23H25BrN8O2/c1-3-4-5-10-25-23(34)26-16-8-6-14-11-20(32(2)19(14)13-16)22(33)27-18-9-7-15(24)12-17(18)21-28-30-31-29-21/h6-9,11-13H,3-5,10H2,1-2H3,(H,27,33)(H2,25,26,34)(H,28,29,30,31). The molecular weight excluding hydrogens is 500 g/mol. The number of aromatic amines is 1. The Bertz CT molecular complexity index is 1320. The van der Waals surface area contributed by atoms with Crippen molar-refractivity contribution in [2.75, 3.05) is 17.2 Å². The van der Waals surface area contributed by atoms with Gasteiger partial charge < -0.3 is 20.5 Å². The second-order valence-electron chi connectivity index (χ2n) is 7.83. The van der Waals surface area contributed by atoms with Crippen LogP contribution in [-0.2, 0) is 7.05 Å². The summed E-state index contributed by atoms with van der Waals surface area (Å²) in [5.74, 6) is 0.0891. The van der Waals surface area contributed by atoms with Gasteiger partial charge in [-0.05, 0) is 48.0 Å². The summed E-state index contributed by atoms with van der Waals surface area (Å²) in [6, 6.07) is 12.5. The van der Waals surface area contributed by atoms with Crippen molar-refractivity contribution in [2.24, 2.45) is 7.05 Å². The first-order chi connectivity index (χ1) is 16.5. The Morgan fingerprint density at radius 2 is 1.94 bits per heavy atom. The molecular formula is C23H25BrN8O2. The van der Waals surface area contributed by atoms with Gasteiger partial charge in [0.25, 0.3) is 5.91 Å². The largest absolute Gasteiger partial charge is 0.340 e. The van der Waals surface area contributed by atoms with Crippen molar-refractivity contribution in [1.29, 1.82) is 0 Å². The number of unbranched alkanes of at least 4 members (excludes halogenated alkanes) is 2. The van der Waals surface area contributed by atoms with Gasteiger partial charge in [0.15, 0.2) is 0 Å². The Morgan fingerprint density at radius 3 is 2.71 bits per heavy atom. The van der Waals surface area contributed by atoms with E-state index in [0.29, 0.717) is 35.0 Å². The molecule has 4 aromatic rings. The highest BCUT2D eigenvalue weighted by Gasteiger charge is 2.18. The first-order valence-electron chi connectivity index (χ1n) is 11.0. The van der Waals surface area contributed by atoms with Crippen molar-refractivity contribution in [3.05, 3.63) is 52.6 Å². The van der Waals surface area contributed by atoms with Gasteiger partial charge in [0.05, 0.1) is 11.2 Å². The van der Waals surface area contributed by atoms with E-state index in [0.717, 1.165) is 34.6 Å². The van der Waals surface area contributed by atoms with E-state index < -0.39 is 0 Å². The quantitative estimate of drug-likeness (QED) is 0.248. The number of nitrogens with one attached hydrogen (secondary N) is 4. The number of tetrazole rings is 1. The average molecular weight is 525 g/mol. The fraction of sp³-hybridized carbons (Fsp3) is 0.261. The zero-order valence-corrected chi connectivity index (χ0v) is 20.4. The van der Waals surface area contributed by atoms with Crippen molar-refractivity contribution >= 4 is 50.1 Å². The lowest BCUT2D eigenvalue weighted by molar-refractivity contribution is 0.101. The lowest BCUT2D eigenvalue weighted by Gasteiger charge is -2.10. The molecule has 0 fully saturated rings. The van der Waals surface area contributed by atoms with Crippen LogP contribution in [0.3, 0.4) is 0 Å². The molecule has 2 aromatic carbocycles. The van der Waals surface area contributed by atoms with E-state index in [1.807, 2.05) is 43.4 Å². The summed E-state index contributed by atoms with van der Waals surface area (Å²) >= 11 is 3.43. The Morgan fingerprint density at radius 1 is 1.09 bits per heavy atom. The Kier molecular flexibility index (Phi) is 7.21. The van der Waals surface area contributed by atoms with E-state index >= 15 is 0 Å². The fourth-order valence-corrected chi connectivity index (χ4v) is 4.01. The topological polar surface area (TPSA) is 130 Å². The third kappa shape index (κ3) is 5.25. The molecule has 0 aliphatic rings. The summed E-state index contributed by atoms with van der Waals surface area (Å²) in [5.41, 5.74) is 3.14. The predicted octanol–water partition coefficient (Wildman–Crippen LogP) is 4.68. The number of carbonyl (C=O) groups excluding carboxylic acids is 2. The van der Waals surface area contributed by atoms with Gasteiger partial charge in [-0.15, -0.1) is 10.2 Å². The monoisotopic (exact) mass is 524 g/mol. The first-order valence-corrected chi connectivity index (χ1v) is 11.7. The number of amides is 3. The molecule has 176 valence electrons. The van der Waals surface area contributed by atoms with Crippen LogP contribution in [0.1, 0.15) is 36.7 Å². The highest BCUT2D eigenvalue weighted by atomic mass is 79.9. The van der Waals surface area contributed by atoms with Crippen LogP contribution in [0.25, 0.3) is 22.3 Å². The summed E-state index contributed by atoms with van der Waals surface area (Å²) in [4.78, 5) is 25.3. The Hall–Kier alpha value is -3.73. The number of fused-ring (bicyclic) bond motifs is 1. The lowest BCUT2D eigenvalue weighted by Crippen LogP contribution is -2.29. The lowest BCUT2D eigenvalue weighted by atomic mass is 10.1. The normalized spacial score (nSPS) is 10.9. The zero-order valence-electron chi connectivity index (χ0n) is 18.9. The molecule has 0 aliphatic heterocycles. The van der Waals surface area contributed by atoms with Crippen LogP contribution in [0.2, 0.25) is 0 Å². The minimum atomic E-state index is -0.283. The number of H-pyrrole nitrogens is 1. The maximum absolute atomic E-state index is 13.2. The second kappa shape index (κ2) is 10.5. The summed E-state index contributed by atoms with van der Waals surface area (Å²) < 4.78 is 2.62. The number of aryl methyl sites for hydroxylation is 1. The van der Waals surface area contributed by atoms with Crippen LogP contribution < -0.4 is 16.0 Å². The van der Waals surface area contributed by atoms with Gasteiger partial charge in [-0.25, -0.2) is 4.79 Å². The number of aromatic nitrogens is 5. The van der Waals surface area contributed by atoms with Crippen LogP contribution in [0, 0.1) is 0 Å². The van der Waals surface area contributed by atoms with E-state index in [4.69, 9.17) is 0 Å². The summed E-state index contributed by atoms with van der Waals surface area (Å²) in [5, 5.41) is 23.6. The molecule has 34 heavy (non-hydrogen) atoms. The molecule has 2 heterocycles. The maximum atomic E-state index is 13.2. The Balaban J connectivity index is 1.52. The van der Waals surface area contributed by atoms with E-state index in [-0.39, 0.29) is 11.9 Å². The molecule has 0 saturated carbocycles. The van der Waals surface area contributed by atoms with E-state index in [1.165, 1.54) is 0 Å². The summed E-state index contributed by atoms with van der Waals surface area (Å²) in [6.45, 7) is 2.76. The van der Waals surface area contributed by atoms with Gasteiger partial charge in [-0.3, -0.25) is 4.79 Å². The van der Waals surface area contributed by atoms with Gasteiger partial charge in [-0.1, -0.05) is 41.8 Å². The molecule has 0 radical (unpaired) electrons. The van der Waals surface area contributed by atoms with Gasteiger partial charge in [0, 0.05) is 34.7 Å². The average Bonchev–Trinajstić information content (AvgIpc) is 3.47. The maximum Gasteiger partial charge on any atom is 0.319 e. The van der Waals surface area contributed by atoms with Crippen molar-refractivity contribution < 1.29 is 9.59 Å². The molecule has 0 bridgehead atoms. The summed E-state index contributed by atoms with van der Waals surface area (Å²) in [7, 11) is 1.81. The molecule has 0 unspecified atom stereocenters. The van der Waals surface area contributed by atoms with Gasteiger partial charge >= 0.3 is 6.03 Å². The van der Waals surface area contributed by atoms with Crippen LogP contribution in [0.5, 0.6) is 0 Å². The van der Waals surface area contributed by atoms with E-state index in [9.17, 15) is 9.59 Å².